The zero-order valence-electron chi connectivity index (χ0n) is 73.9. The van der Waals surface area contributed by atoms with Crippen LogP contribution < -0.4 is 85.5 Å². The lowest BCUT2D eigenvalue weighted by Crippen LogP contribution is -2.63. The summed E-state index contributed by atoms with van der Waals surface area (Å²) in [6, 6.07) is -4.37. The van der Waals surface area contributed by atoms with Crippen molar-refractivity contribution in [2.75, 3.05) is 56.7 Å². The first-order valence-corrected chi connectivity index (χ1v) is 44.6. The summed E-state index contributed by atoms with van der Waals surface area (Å²) in [5.74, 6) is -23.9. The van der Waals surface area contributed by atoms with Crippen LogP contribution in [0.5, 0.6) is 11.5 Å². The van der Waals surface area contributed by atoms with Crippen LogP contribution in [0, 0.1) is 11.8 Å². The molecule has 1 aliphatic rings. The first-order valence-electron chi connectivity index (χ1n) is 42.4. The number of thioether (sulfide) groups is 2. The fraction of sp³-hybridized carbons (Fsp3) is 0.548. The molecular weight excluding hydrogens is 1780 g/mol. The zero-order chi connectivity index (χ0) is 98.6. The molecule has 16 atom stereocenters. The molecule has 46 nitrogen and oxygen atoms in total. The van der Waals surface area contributed by atoms with E-state index in [9.17, 15) is 142 Å². The van der Waals surface area contributed by atoms with Crippen molar-refractivity contribution in [3.63, 3.8) is 0 Å². The Morgan fingerprint density at radius 1 is 0.424 bits per heavy atom. The van der Waals surface area contributed by atoms with Gasteiger partial charge in [-0.1, -0.05) is 107 Å². The van der Waals surface area contributed by atoms with Crippen LogP contribution in [0.1, 0.15) is 129 Å². The normalized spacial score (nSPS) is 15.4. The number of nitrogens with two attached hydrogens (primary N) is 1. The van der Waals surface area contributed by atoms with Gasteiger partial charge < -0.3 is 131 Å². The number of amides is 17. The second-order valence-electron chi connectivity index (χ2n) is 31.7. The van der Waals surface area contributed by atoms with E-state index in [1.807, 2.05) is 13.8 Å². The lowest BCUT2D eigenvalue weighted by molar-refractivity contribution is -0.142. The van der Waals surface area contributed by atoms with E-state index in [2.05, 4.69) is 79.8 Å². The number of phenols is 2. The molecule has 1 aliphatic heterocycles. The number of hydrogen-bond acceptors (Lipinski definition) is 29. The summed E-state index contributed by atoms with van der Waals surface area (Å²) in [5.41, 5.74) is 6.49. The maximum atomic E-state index is 14.7. The number of nitrogens with zero attached hydrogens (tertiary/aromatic N) is 1. The fourth-order valence-electron chi connectivity index (χ4n) is 12.8. The van der Waals surface area contributed by atoms with E-state index in [0.717, 1.165) is 42.3 Å². The molecule has 0 aromatic heterocycles. The summed E-state index contributed by atoms with van der Waals surface area (Å²) in [5, 5.41) is 128. The number of imide groups is 1. The van der Waals surface area contributed by atoms with Crippen molar-refractivity contribution in [2.24, 2.45) is 17.6 Å². The summed E-state index contributed by atoms with van der Waals surface area (Å²) in [6.45, 7) is 7.24. The molecule has 17 amide bonds. The highest BCUT2D eigenvalue weighted by molar-refractivity contribution is 8.14. The third-order valence-corrected chi connectivity index (χ3v) is 22.1. The molecule has 1 fully saturated rings. The lowest BCUT2D eigenvalue weighted by Gasteiger charge is -2.30. The van der Waals surface area contributed by atoms with Gasteiger partial charge in [-0.15, -0.1) is 11.8 Å². The van der Waals surface area contributed by atoms with Crippen LogP contribution in [0.4, 0.5) is 4.79 Å². The van der Waals surface area contributed by atoms with Gasteiger partial charge in [0.25, 0.3) is 5.24 Å². The molecule has 26 N–H and O–H groups in total. The van der Waals surface area contributed by atoms with Crippen molar-refractivity contribution < 1.29 is 142 Å². The highest BCUT2D eigenvalue weighted by Gasteiger charge is 2.41. The Labute approximate surface area is 768 Å². The van der Waals surface area contributed by atoms with E-state index in [0.29, 0.717) is 43.4 Å². The Morgan fingerprint density at radius 2 is 0.833 bits per heavy atom. The van der Waals surface area contributed by atoms with Gasteiger partial charge in [0.15, 0.2) is 0 Å². The predicted molar refractivity (Wildman–Crippen MR) is 473 cm³/mol. The van der Waals surface area contributed by atoms with Crippen LogP contribution in [0.2, 0.25) is 0 Å². The highest BCUT2D eigenvalue weighted by Crippen LogP contribution is 2.20. The fourth-order valence-corrected chi connectivity index (χ4v) is 14.2. The molecule has 0 saturated carbocycles. The minimum atomic E-state index is -2.23. The first kappa shape index (κ1) is 112. The Bertz CT molecular complexity index is 4440. The van der Waals surface area contributed by atoms with Crippen molar-refractivity contribution in [1.29, 1.82) is 0 Å². The molecule has 1 saturated heterocycles. The second-order valence-corrected chi connectivity index (χ2v) is 33.7. The Kier molecular flexibility index (Phi) is 48.7. The topological polar surface area (TPSA) is 733 Å². The third-order valence-electron chi connectivity index (χ3n) is 20.4. The number of aliphatic carboxylic acids is 3. The molecule has 3 aromatic carbocycles. The number of carboxylic acids is 3. The number of nitrogens with one attached hydrogen (secondary N) is 15. The van der Waals surface area contributed by atoms with Crippen LogP contribution in [-0.2, 0) is 110 Å². The summed E-state index contributed by atoms with van der Waals surface area (Å²) in [6.07, 6.45) is -6.12. The maximum absolute atomic E-state index is 14.7. The average molecular weight is 1900 g/mol. The summed E-state index contributed by atoms with van der Waals surface area (Å²) >= 11 is 1.60. The number of unbranched alkanes of at least 4 members (excludes halogenated alkanes) is 1. The Balaban J connectivity index is 1.53. The molecule has 48 heteroatoms. The summed E-state index contributed by atoms with van der Waals surface area (Å²) in [7, 11) is 0. The monoisotopic (exact) mass is 1900 g/mol. The predicted octanol–water partition coefficient (Wildman–Crippen LogP) is -5.72. The van der Waals surface area contributed by atoms with Crippen LogP contribution in [0.3, 0.4) is 0 Å². The van der Waals surface area contributed by atoms with E-state index in [-0.39, 0.29) is 66.8 Å². The molecule has 0 aliphatic carbocycles. The molecule has 4 rings (SSSR count). The number of carbonyl (C=O) groups is 20. The zero-order valence-corrected chi connectivity index (χ0v) is 75.5. The van der Waals surface area contributed by atoms with Crippen molar-refractivity contribution in [2.45, 2.75) is 223 Å². The van der Waals surface area contributed by atoms with Gasteiger partial charge in [-0.05, 0) is 112 Å². The Hall–Kier alpha value is -12.6. The summed E-state index contributed by atoms with van der Waals surface area (Å²) in [4.78, 5) is 270. The number of rotatable bonds is 60. The number of aliphatic hydroxyl groups is 4. The molecule has 132 heavy (non-hydrogen) atoms. The lowest BCUT2D eigenvalue weighted by atomic mass is 9.96. The third kappa shape index (κ3) is 40.4. The standard InChI is InChI=1S/C84H121N17O29S2/c1-8-44(4)69(81(127)94-56(34-50-20-24-52(107)25-21-50)75(121)90-54(26-17-43(2)3)73(119)92-58(35-67(114)115)74(120)88-45(5)14-12-13-29-85)99-80(126)61(39-103)96-76(122)55(33-49-18-22-51(106)23-19-49)91-77(123)59(36-68(116)117)93-79(125)60(38-102)97-83(129)71(47(7)105)100-78(124)57(32-48-15-10-9-11-16-48)95-82(128)70(46(6)104)98-62(108)37-87-72(118)53(27-28-66(112)113)89-64(110)41-131-40-63(109)86-30-31-101-65(111)42-132-84(101)130/h9-11,15-16,18-25,43-47,53-61,69-71,102-107H,8,12-14,17,26-42,85H2,1-7H3,(H,86,109)(H,87,118)(H,88,120)(H,89,110)(H,90,121)(H,91,123)(H,92,119)(H,93,125)(H,94,127)(H,95,128)(H,96,122)(H,97,129)(H,98,108)(H,99,126)(H,100,124)(H,112,113)(H,114,115)(H,116,117)/t44-,45+,46+,47+,53-,54-,55-,56-,57-,58-,59-,60-,61-,69-,70-,71-/m0/s1. The van der Waals surface area contributed by atoms with E-state index in [1.54, 1.807) is 32.0 Å². The van der Waals surface area contributed by atoms with Crippen LogP contribution in [-0.4, -0.2) is 316 Å². The van der Waals surface area contributed by atoms with Crippen molar-refractivity contribution in [3.05, 3.63) is 95.6 Å². The van der Waals surface area contributed by atoms with E-state index >= 15 is 0 Å². The number of aliphatic hydroxyl groups excluding tert-OH is 4. The number of carboxylic acid groups (broad SMARTS) is 3. The number of phenolic OH excluding ortho intramolecular Hbond substituents is 2. The minimum Gasteiger partial charge on any atom is -0.508 e. The smallest absolute Gasteiger partial charge is 0.305 e. The quantitative estimate of drug-likeness (QED) is 0.0234. The van der Waals surface area contributed by atoms with Crippen molar-refractivity contribution in [3.8, 4) is 11.5 Å². The van der Waals surface area contributed by atoms with E-state index in [1.165, 1.54) is 67.6 Å². The Morgan fingerprint density at radius 3 is 1.30 bits per heavy atom. The molecule has 0 radical (unpaired) electrons. The molecular formula is C84H121N17O29S2. The molecule has 3 aromatic rings. The van der Waals surface area contributed by atoms with Gasteiger partial charge in [-0.3, -0.25) is 101 Å². The van der Waals surface area contributed by atoms with Crippen molar-refractivity contribution >= 4 is 141 Å². The van der Waals surface area contributed by atoms with Crippen molar-refractivity contribution in [1.82, 2.24) is 84.7 Å². The maximum Gasteiger partial charge on any atom is 0.305 e. The van der Waals surface area contributed by atoms with Gasteiger partial charge in [0.05, 0.1) is 62.1 Å². The highest BCUT2D eigenvalue weighted by atomic mass is 32.2. The number of carbonyl (C=O) groups excluding carboxylic acids is 17. The number of hydrogen-bond donors (Lipinski definition) is 25. The van der Waals surface area contributed by atoms with Crippen LogP contribution in [0.15, 0.2) is 78.9 Å². The average Bonchev–Trinajstić information content (AvgIpc) is 1.01. The first-order chi connectivity index (χ1) is 62.4. The largest absolute Gasteiger partial charge is 0.508 e. The molecule has 0 spiro atoms. The van der Waals surface area contributed by atoms with Gasteiger partial charge >= 0.3 is 17.9 Å². The van der Waals surface area contributed by atoms with E-state index < -0.39 is 278 Å². The van der Waals surface area contributed by atoms with Gasteiger partial charge in [-0.25, -0.2) is 0 Å². The molecule has 0 unspecified atom stereocenters. The SMILES string of the molecule is CC[C@H](C)[C@H](NC(=O)[C@H](CO)NC(=O)[C@H](Cc1ccc(O)cc1)NC(=O)[C@H](CC(=O)O)NC(=O)[C@H](CO)NC(=O)[C@@H](NC(=O)[C@H](Cc1ccccc1)NC(=O)[C@@H](NC(=O)CNC(=O)[C@H](CCC(=O)O)NC(=O)CSCC(=O)NCCN1C(=O)CSC1=O)[C@@H](C)O)[C@@H](C)O)C(=O)N[C@@H](Cc1ccc(O)cc1)C(=O)N[C@@H](CCC(C)C)C(=O)N[C@@H](CC(=O)O)C(=O)N[C@H](C)CCCCN. The van der Waals surface area contributed by atoms with E-state index in [4.69, 9.17) is 5.73 Å². The second kappa shape index (κ2) is 57.5. The van der Waals surface area contributed by atoms with Crippen LogP contribution in [0.25, 0.3) is 0 Å². The molecule has 728 valence electrons. The van der Waals surface area contributed by atoms with Gasteiger partial charge in [-0.2, -0.15) is 0 Å². The molecule has 1 heterocycles. The minimum absolute atomic E-state index is 0.0270. The van der Waals surface area contributed by atoms with Gasteiger partial charge in [0, 0.05) is 44.8 Å². The number of benzene rings is 3. The van der Waals surface area contributed by atoms with Gasteiger partial charge in [0.1, 0.15) is 84.0 Å². The van der Waals surface area contributed by atoms with Gasteiger partial charge in [0.2, 0.25) is 94.5 Å². The van der Waals surface area contributed by atoms with Crippen LogP contribution >= 0.6 is 23.5 Å². The number of aromatic hydroxyl groups is 2. The molecule has 0 bridgehead atoms. The summed E-state index contributed by atoms with van der Waals surface area (Å²) < 4.78 is 0.